The van der Waals surface area contributed by atoms with E-state index in [2.05, 4.69) is 4.99 Å². The molecule has 0 aliphatic carbocycles. The number of benzene rings is 1. The molecule has 0 aliphatic heterocycles. The summed E-state index contributed by atoms with van der Waals surface area (Å²) in [5.41, 5.74) is 6.27. The van der Waals surface area contributed by atoms with Gasteiger partial charge in [0.15, 0.2) is 0 Å². The molecule has 3 N–H and O–H groups in total. The molecule has 1 rings (SSSR count). The van der Waals surface area contributed by atoms with Gasteiger partial charge in [-0.05, 0) is 12.1 Å². The quantitative estimate of drug-likeness (QED) is 0.343. The van der Waals surface area contributed by atoms with E-state index in [9.17, 15) is 0 Å². The molecular weight excluding hydrogens is 152 g/mol. The van der Waals surface area contributed by atoms with E-state index >= 15 is 0 Å². The van der Waals surface area contributed by atoms with Crippen molar-refractivity contribution in [3.05, 3.63) is 24.3 Å². The van der Waals surface area contributed by atoms with Crippen molar-refractivity contribution in [2.24, 2.45) is 0 Å². The molecule has 0 saturated carbocycles. The molecule has 0 saturated heterocycles. The molecule has 64 valence electrons. The molecule has 1 aromatic rings. The Hall–Kier alpha value is -1.51. The minimum Gasteiger partial charge on any atom is -0.409 e. The second-order valence-electron chi connectivity index (χ2n) is 2.48. The number of nitrogen functional groups attached to an aromatic ring is 1. The molecule has 0 heterocycles. The van der Waals surface area contributed by atoms with Crippen LogP contribution in [0.4, 0.5) is 5.69 Å². The van der Waals surface area contributed by atoms with Crippen LogP contribution in [0.2, 0.25) is 0 Å². The van der Waals surface area contributed by atoms with Crippen LogP contribution in [0.25, 0.3) is 0 Å². The molecule has 3 heteroatoms. The zero-order chi connectivity index (χ0) is 8.97. The number of anilines is 1. The van der Waals surface area contributed by atoms with Gasteiger partial charge in [0.1, 0.15) is 12.8 Å². The topological polar surface area (TPSA) is 49.2 Å². The Morgan fingerprint density at radius 1 is 1.50 bits per heavy atom. The molecule has 0 aliphatic rings. The fraction of sp³-hybridized carbons (Fsp3) is 0.222. The standard InChI is InChI=1S/C9H12N2O/c1-7(11-2)12-9-5-3-4-8(10)6-9/h3-6H,10H2,1-2H3/p+1. The molecule has 12 heavy (non-hydrogen) atoms. The summed E-state index contributed by atoms with van der Waals surface area (Å²) < 4.78 is 5.37. The number of rotatable bonds is 1. The van der Waals surface area contributed by atoms with E-state index in [0.717, 1.165) is 11.6 Å². The Morgan fingerprint density at radius 3 is 2.83 bits per heavy atom. The van der Waals surface area contributed by atoms with Gasteiger partial charge in [-0.15, -0.1) is 0 Å². The zero-order valence-electron chi connectivity index (χ0n) is 7.29. The first-order valence-corrected chi connectivity index (χ1v) is 3.77. The Morgan fingerprint density at radius 2 is 2.25 bits per heavy atom. The lowest BCUT2D eigenvalue weighted by molar-refractivity contribution is -0.429. The van der Waals surface area contributed by atoms with Crippen molar-refractivity contribution in [1.82, 2.24) is 0 Å². The lowest BCUT2D eigenvalue weighted by Crippen LogP contribution is -2.68. The minimum absolute atomic E-state index is 0.705. The summed E-state index contributed by atoms with van der Waals surface area (Å²) in [5, 5.41) is 0. The molecule has 3 nitrogen and oxygen atoms in total. The van der Waals surface area contributed by atoms with Gasteiger partial charge in [-0.1, -0.05) is 6.07 Å². The largest absolute Gasteiger partial charge is 0.409 e. The van der Waals surface area contributed by atoms with Gasteiger partial charge < -0.3 is 10.5 Å². The highest BCUT2D eigenvalue weighted by atomic mass is 16.5. The Kier molecular flexibility index (Phi) is 2.69. The van der Waals surface area contributed by atoms with Gasteiger partial charge in [-0.3, -0.25) is 0 Å². The fourth-order valence-corrected chi connectivity index (χ4v) is 0.806. The summed E-state index contributed by atoms with van der Waals surface area (Å²) in [6, 6.07) is 7.31. The third-order valence-electron chi connectivity index (χ3n) is 1.48. The number of nitrogens with two attached hydrogens (primary N) is 1. The van der Waals surface area contributed by atoms with E-state index in [1.165, 1.54) is 0 Å². The van der Waals surface area contributed by atoms with E-state index < -0.39 is 0 Å². The number of ether oxygens (including phenoxy) is 1. The van der Waals surface area contributed by atoms with Crippen LogP contribution in [0.1, 0.15) is 6.92 Å². The second-order valence-corrected chi connectivity index (χ2v) is 2.48. The van der Waals surface area contributed by atoms with Crippen molar-refractivity contribution in [3.8, 4) is 5.75 Å². The van der Waals surface area contributed by atoms with Gasteiger partial charge in [-0.25, -0.2) is 4.99 Å². The highest BCUT2D eigenvalue weighted by Crippen LogP contribution is 2.13. The Bertz CT molecular complexity index is 294. The summed E-state index contributed by atoms with van der Waals surface area (Å²) >= 11 is 0. The lowest BCUT2D eigenvalue weighted by atomic mass is 10.3. The minimum atomic E-state index is 0.705. The van der Waals surface area contributed by atoms with Crippen molar-refractivity contribution in [3.63, 3.8) is 0 Å². The number of nitrogens with one attached hydrogen (secondary N) is 1. The van der Waals surface area contributed by atoms with Gasteiger partial charge >= 0.3 is 5.90 Å². The normalized spacial score (nSPS) is 11.3. The van der Waals surface area contributed by atoms with Crippen molar-refractivity contribution in [2.45, 2.75) is 6.92 Å². The van der Waals surface area contributed by atoms with E-state index in [1.807, 2.05) is 32.2 Å². The van der Waals surface area contributed by atoms with Gasteiger partial charge in [0.25, 0.3) is 0 Å². The van der Waals surface area contributed by atoms with Crippen LogP contribution in [0, 0.1) is 0 Å². The van der Waals surface area contributed by atoms with Crippen molar-refractivity contribution in [1.29, 1.82) is 0 Å². The van der Waals surface area contributed by atoms with Crippen LogP contribution in [0.5, 0.6) is 5.75 Å². The second kappa shape index (κ2) is 3.76. The van der Waals surface area contributed by atoms with Crippen LogP contribution in [-0.4, -0.2) is 12.9 Å². The van der Waals surface area contributed by atoms with E-state index in [0.29, 0.717) is 5.69 Å². The van der Waals surface area contributed by atoms with Crippen molar-refractivity contribution in [2.75, 3.05) is 12.8 Å². The van der Waals surface area contributed by atoms with E-state index in [-0.39, 0.29) is 0 Å². The van der Waals surface area contributed by atoms with Gasteiger partial charge in [0.05, 0.1) is 6.92 Å². The summed E-state index contributed by atoms with van der Waals surface area (Å²) in [5.74, 6) is 1.50. The monoisotopic (exact) mass is 165 g/mol. The molecule has 0 atom stereocenters. The molecule has 0 amide bonds. The summed E-state index contributed by atoms with van der Waals surface area (Å²) in [6.45, 7) is 1.85. The fourth-order valence-electron chi connectivity index (χ4n) is 0.806. The molecule has 0 unspecified atom stereocenters. The Balaban J connectivity index is 2.76. The van der Waals surface area contributed by atoms with Gasteiger partial charge in [0, 0.05) is 11.8 Å². The van der Waals surface area contributed by atoms with Crippen LogP contribution in [0.15, 0.2) is 24.3 Å². The maximum atomic E-state index is 5.57. The van der Waals surface area contributed by atoms with Crippen molar-refractivity contribution < 1.29 is 9.73 Å². The molecule has 0 spiro atoms. The maximum Gasteiger partial charge on any atom is 0.336 e. The highest BCUT2D eigenvalue weighted by Gasteiger charge is 1.98. The first kappa shape index (κ1) is 8.59. The molecular formula is C9H13N2O+. The molecule has 0 aromatic heterocycles. The van der Waals surface area contributed by atoms with E-state index in [4.69, 9.17) is 10.5 Å². The average molecular weight is 165 g/mol. The predicted molar refractivity (Wildman–Crippen MR) is 49.1 cm³/mol. The van der Waals surface area contributed by atoms with Gasteiger partial charge in [-0.2, -0.15) is 0 Å². The van der Waals surface area contributed by atoms with Crippen molar-refractivity contribution >= 4 is 11.6 Å². The number of hydrogen-bond acceptors (Lipinski definition) is 2. The number of hydrogen-bond donors (Lipinski definition) is 2. The molecule has 0 fully saturated rings. The first-order chi connectivity index (χ1) is 5.72. The third kappa shape index (κ3) is 2.27. The molecule has 0 bridgehead atoms. The maximum absolute atomic E-state index is 5.57. The molecule has 1 aromatic carbocycles. The van der Waals surface area contributed by atoms with Crippen LogP contribution < -0.4 is 15.5 Å². The van der Waals surface area contributed by atoms with Crippen LogP contribution in [-0.2, 0) is 0 Å². The smallest absolute Gasteiger partial charge is 0.336 e. The van der Waals surface area contributed by atoms with Crippen LogP contribution in [0.3, 0.4) is 0 Å². The lowest BCUT2D eigenvalue weighted by Gasteiger charge is -2.00. The third-order valence-corrected chi connectivity index (χ3v) is 1.48. The summed E-state index contributed by atoms with van der Waals surface area (Å²) in [7, 11) is 1.81. The summed E-state index contributed by atoms with van der Waals surface area (Å²) in [6.07, 6.45) is 0. The Labute approximate surface area is 71.9 Å². The van der Waals surface area contributed by atoms with Gasteiger partial charge in [0.2, 0.25) is 0 Å². The SMILES string of the molecule is C[NH+]=C(C)Oc1cccc(N)c1. The first-order valence-electron chi connectivity index (χ1n) is 3.77. The highest BCUT2D eigenvalue weighted by molar-refractivity contribution is 5.70. The van der Waals surface area contributed by atoms with Crippen LogP contribution >= 0.6 is 0 Å². The zero-order valence-corrected chi connectivity index (χ0v) is 7.29. The average Bonchev–Trinajstić information content (AvgIpc) is 2.04. The molecule has 0 radical (unpaired) electrons. The summed E-state index contributed by atoms with van der Waals surface area (Å²) in [4.78, 5) is 2.89. The van der Waals surface area contributed by atoms with E-state index in [1.54, 1.807) is 6.07 Å². The predicted octanol–water partition coefficient (Wildman–Crippen LogP) is -0.224.